The topological polar surface area (TPSA) is 0 Å². The molecule has 0 saturated heterocycles. The Hall–Kier alpha value is -2.89. The standard InChI is InChI=1S/C21H25.C21H26.C5H5.Zr/c1-20(2,3)16-9-7-14-11-15-8-10-17(21(4,5)6)13-19(15)18(14)12-16;1-3-5-7-18-9-13-20(14-10-18)17-21-15-11-19(12-16-21)8-6-4-2;1-2-4-5-3-1;/h7,9-10,12-13H,11H2,1-6H3;9-16H,3-8H2,1-2H3;1-3H,4H2;. The number of allylic oxidation sites excluding steroid dienone is 4. The molecule has 2 aliphatic rings. The number of benzene rings is 4. The summed E-state index contributed by atoms with van der Waals surface area (Å²) >= 11 is -2.75. The summed E-state index contributed by atoms with van der Waals surface area (Å²) in [6, 6.07) is 32.1. The summed E-state index contributed by atoms with van der Waals surface area (Å²) in [4.78, 5) is 0. The van der Waals surface area contributed by atoms with Crippen molar-refractivity contribution in [2.75, 3.05) is 0 Å². The quantitative estimate of drug-likeness (QED) is 0.135. The van der Waals surface area contributed by atoms with E-state index in [0.717, 1.165) is 25.7 Å². The zero-order valence-electron chi connectivity index (χ0n) is 30.9. The van der Waals surface area contributed by atoms with Gasteiger partial charge in [-0.25, -0.2) is 0 Å². The fraction of sp³-hybridized carbons (Fsp3) is 0.383. The van der Waals surface area contributed by atoms with Crippen LogP contribution in [0.3, 0.4) is 0 Å². The van der Waals surface area contributed by atoms with Gasteiger partial charge < -0.3 is 0 Å². The number of unbranched alkanes of at least 4 members (excludes halogenated alkanes) is 2. The first-order chi connectivity index (χ1) is 23.0. The van der Waals surface area contributed by atoms with Gasteiger partial charge in [-0.05, 0) is 0 Å². The Morgan fingerprint density at radius 2 is 1.21 bits per heavy atom. The van der Waals surface area contributed by atoms with E-state index in [1.54, 1.807) is 15.3 Å². The van der Waals surface area contributed by atoms with E-state index in [0.29, 0.717) is 0 Å². The third-order valence-electron chi connectivity index (χ3n) is 10.5. The molecule has 248 valence electrons. The van der Waals surface area contributed by atoms with E-state index in [-0.39, 0.29) is 10.8 Å². The van der Waals surface area contributed by atoms with Gasteiger partial charge in [-0.2, -0.15) is 0 Å². The van der Waals surface area contributed by atoms with Crippen LogP contribution in [0.15, 0.2) is 100 Å². The summed E-state index contributed by atoms with van der Waals surface area (Å²) in [6.07, 6.45) is 16.6. The summed E-state index contributed by atoms with van der Waals surface area (Å²) in [7, 11) is 0. The van der Waals surface area contributed by atoms with Crippen molar-refractivity contribution in [3.63, 3.8) is 0 Å². The van der Waals surface area contributed by atoms with Crippen LogP contribution < -0.4 is 3.27 Å². The zero-order valence-corrected chi connectivity index (χ0v) is 33.4. The second kappa shape index (κ2) is 14.5. The van der Waals surface area contributed by atoms with E-state index >= 15 is 0 Å². The van der Waals surface area contributed by atoms with Crippen LogP contribution >= 0.6 is 0 Å². The van der Waals surface area contributed by atoms with Crippen LogP contribution in [0.2, 0.25) is 0 Å². The number of hydrogen-bond donors (Lipinski definition) is 0. The monoisotopic (exact) mass is 710 g/mol. The number of hydrogen-bond acceptors (Lipinski definition) is 0. The van der Waals surface area contributed by atoms with Crippen molar-refractivity contribution in [3.05, 3.63) is 145 Å². The van der Waals surface area contributed by atoms with Crippen LogP contribution in [-0.2, 0) is 51.4 Å². The molecule has 4 aromatic carbocycles. The molecule has 0 heterocycles. The van der Waals surface area contributed by atoms with Crippen LogP contribution in [0.4, 0.5) is 0 Å². The maximum atomic E-state index is 2.68. The Morgan fingerprint density at radius 3 is 1.71 bits per heavy atom. The minimum atomic E-state index is -2.75. The van der Waals surface area contributed by atoms with Gasteiger partial charge in [0.2, 0.25) is 0 Å². The second-order valence-electron chi connectivity index (χ2n) is 16.3. The van der Waals surface area contributed by atoms with Crippen molar-refractivity contribution >= 4 is 6.48 Å². The number of fused-ring (bicyclic) bond motifs is 3. The third-order valence-corrected chi connectivity index (χ3v) is 18.0. The van der Waals surface area contributed by atoms with Gasteiger partial charge in [0.25, 0.3) is 0 Å². The number of rotatable bonds is 10. The van der Waals surface area contributed by atoms with Crippen molar-refractivity contribution in [3.8, 4) is 11.1 Å². The van der Waals surface area contributed by atoms with Crippen molar-refractivity contribution < 1.29 is 21.3 Å². The van der Waals surface area contributed by atoms with Crippen LogP contribution in [-0.4, -0.2) is 3.21 Å². The molecule has 2 aliphatic carbocycles. The van der Waals surface area contributed by atoms with E-state index in [1.165, 1.54) is 75.8 Å². The van der Waals surface area contributed by atoms with E-state index < -0.39 is 21.3 Å². The molecule has 0 amide bonds. The summed E-state index contributed by atoms with van der Waals surface area (Å²) in [5.41, 5.74) is 14.9. The molecule has 4 aromatic rings. The molecule has 0 radical (unpaired) electrons. The predicted octanol–water partition coefficient (Wildman–Crippen LogP) is 11.9. The average molecular weight is 712 g/mol. The Morgan fingerprint density at radius 1 is 0.646 bits per heavy atom. The molecule has 1 heteroatoms. The Labute approximate surface area is 299 Å². The minimum absolute atomic E-state index is 0.0623. The predicted molar refractivity (Wildman–Crippen MR) is 207 cm³/mol. The molecular formula is C47H56Zr. The van der Waals surface area contributed by atoms with Gasteiger partial charge >= 0.3 is 301 Å². The van der Waals surface area contributed by atoms with Gasteiger partial charge in [0.15, 0.2) is 0 Å². The Kier molecular flexibility index (Phi) is 10.6. The summed E-state index contributed by atoms with van der Waals surface area (Å²) in [6.45, 7) is 18.8. The Balaban J connectivity index is 1.65. The van der Waals surface area contributed by atoms with E-state index in [1.807, 2.05) is 0 Å². The second-order valence-corrected chi connectivity index (χ2v) is 22.2. The van der Waals surface area contributed by atoms with E-state index in [2.05, 4.69) is 152 Å². The summed E-state index contributed by atoms with van der Waals surface area (Å²) < 4.78 is 5.01. The zero-order chi connectivity index (χ0) is 34.1. The molecule has 0 spiro atoms. The fourth-order valence-corrected chi connectivity index (χ4v) is 15.4. The molecular weight excluding hydrogens is 656 g/mol. The molecule has 6 rings (SSSR count). The first kappa shape index (κ1) is 35.0. The van der Waals surface area contributed by atoms with Crippen molar-refractivity contribution in [2.24, 2.45) is 0 Å². The molecule has 0 aliphatic heterocycles. The maximum absolute atomic E-state index is 2.75. The van der Waals surface area contributed by atoms with Crippen molar-refractivity contribution in [2.45, 2.75) is 118 Å². The summed E-state index contributed by atoms with van der Waals surface area (Å²) in [5, 5.41) is 0. The van der Waals surface area contributed by atoms with E-state index in [4.69, 9.17) is 0 Å². The first-order valence-electron chi connectivity index (χ1n) is 18.6. The Bertz CT molecular complexity index is 1810. The molecule has 0 fully saturated rings. The van der Waals surface area contributed by atoms with Crippen LogP contribution in [0, 0.1) is 0 Å². The molecule has 0 unspecified atom stereocenters. The van der Waals surface area contributed by atoms with Crippen molar-refractivity contribution in [1.29, 1.82) is 0 Å². The van der Waals surface area contributed by atoms with Crippen LogP contribution in [0.1, 0.15) is 132 Å². The third kappa shape index (κ3) is 7.48. The first-order valence-corrected chi connectivity index (χ1v) is 22.3. The average Bonchev–Trinajstić information content (AvgIpc) is 3.73. The van der Waals surface area contributed by atoms with Crippen LogP contribution in [0.25, 0.3) is 11.1 Å². The van der Waals surface area contributed by atoms with Crippen molar-refractivity contribution in [1.82, 2.24) is 0 Å². The molecule has 0 bridgehead atoms. The molecule has 0 aromatic heterocycles. The fourth-order valence-electron chi connectivity index (χ4n) is 7.39. The molecule has 0 atom stereocenters. The molecule has 0 saturated carbocycles. The van der Waals surface area contributed by atoms with Gasteiger partial charge in [0.05, 0.1) is 0 Å². The normalized spacial score (nSPS) is 13.8. The SMILES string of the molecule is CCCCc1ccc([C](c2ccc(CCCC)cc2)=[Zr]([C]2=CC=CC2)[c]2cc(C(C)(C)C)cc3c2Cc2ccc(C(C)(C)C)cc2-3)cc1. The van der Waals surface area contributed by atoms with Crippen LogP contribution in [0.5, 0.6) is 0 Å². The van der Waals surface area contributed by atoms with Gasteiger partial charge in [-0.15, -0.1) is 0 Å². The number of aryl methyl sites for hydroxylation is 2. The van der Waals surface area contributed by atoms with Gasteiger partial charge in [0.1, 0.15) is 0 Å². The van der Waals surface area contributed by atoms with Gasteiger partial charge in [-0.1, -0.05) is 0 Å². The molecule has 0 N–H and O–H groups in total. The molecule has 0 nitrogen and oxygen atoms in total. The van der Waals surface area contributed by atoms with Gasteiger partial charge in [-0.3, -0.25) is 0 Å². The van der Waals surface area contributed by atoms with E-state index in [9.17, 15) is 0 Å². The summed E-state index contributed by atoms with van der Waals surface area (Å²) in [5.74, 6) is 0. The van der Waals surface area contributed by atoms with Gasteiger partial charge in [0, 0.05) is 0 Å². The molecule has 48 heavy (non-hydrogen) atoms.